The van der Waals surface area contributed by atoms with Crippen LogP contribution in [0.3, 0.4) is 0 Å². The second-order valence-corrected chi connectivity index (χ2v) is 4.29. The molecule has 90 valence electrons. The van der Waals surface area contributed by atoms with Gasteiger partial charge in [0.1, 0.15) is 5.03 Å². The van der Waals surface area contributed by atoms with Crippen molar-refractivity contribution in [3.05, 3.63) is 23.9 Å². The molecule has 0 aliphatic rings. The fourth-order valence-electron chi connectivity index (χ4n) is 1.23. The first-order chi connectivity index (χ1) is 7.88. The molecular weight excluding hydrogens is 224 g/mol. The van der Waals surface area contributed by atoms with Gasteiger partial charge in [0.15, 0.2) is 0 Å². The summed E-state index contributed by atoms with van der Waals surface area (Å²) in [5.41, 5.74) is 1.16. The van der Waals surface area contributed by atoms with Crippen molar-refractivity contribution in [1.82, 2.24) is 10.3 Å². The van der Waals surface area contributed by atoms with E-state index < -0.39 is 0 Å². The molecule has 0 aliphatic heterocycles. The maximum atomic E-state index is 8.78. The number of hydrogen-bond acceptors (Lipinski definition) is 5. The predicted molar refractivity (Wildman–Crippen MR) is 65.6 cm³/mol. The van der Waals surface area contributed by atoms with Crippen molar-refractivity contribution < 1.29 is 9.84 Å². The van der Waals surface area contributed by atoms with Crippen molar-refractivity contribution in [1.29, 1.82) is 0 Å². The van der Waals surface area contributed by atoms with E-state index in [1.54, 1.807) is 25.1 Å². The van der Waals surface area contributed by atoms with Gasteiger partial charge in [-0.25, -0.2) is 4.98 Å². The first-order valence-electron chi connectivity index (χ1n) is 5.25. The molecule has 2 N–H and O–H groups in total. The number of rotatable bonds is 8. The lowest BCUT2D eigenvalue weighted by Gasteiger charge is -2.08. The molecule has 0 aliphatic carbocycles. The van der Waals surface area contributed by atoms with Gasteiger partial charge in [-0.3, -0.25) is 0 Å². The first kappa shape index (κ1) is 13.4. The molecule has 1 heterocycles. The molecule has 0 saturated carbocycles. The van der Waals surface area contributed by atoms with Gasteiger partial charge in [0.25, 0.3) is 0 Å². The summed E-state index contributed by atoms with van der Waals surface area (Å²) < 4.78 is 4.96. The minimum Gasteiger partial charge on any atom is -0.396 e. The molecule has 0 unspecified atom stereocenters. The van der Waals surface area contributed by atoms with E-state index in [2.05, 4.69) is 10.3 Å². The van der Waals surface area contributed by atoms with Crippen LogP contribution >= 0.6 is 11.8 Å². The number of nitrogens with one attached hydrogen (secondary N) is 1. The molecule has 1 aromatic rings. The lowest BCUT2D eigenvalue weighted by atomic mass is 10.3. The predicted octanol–water partition coefficient (Wildman–Crippen LogP) is 0.902. The summed E-state index contributed by atoms with van der Waals surface area (Å²) >= 11 is 1.58. The van der Waals surface area contributed by atoms with Crippen molar-refractivity contribution in [2.75, 3.05) is 32.6 Å². The molecule has 1 rings (SSSR count). The third-order valence-corrected chi connectivity index (χ3v) is 3.01. The van der Waals surface area contributed by atoms with Gasteiger partial charge < -0.3 is 15.2 Å². The van der Waals surface area contributed by atoms with Crippen LogP contribution in [0.15, 0.2) is 23.4 Å². The second kappa shape index (κ2) is 8.52. The van der Waals surface area contributed by atoms with Crippen LogP contribution in [0.4, 0.5) is 0 Å². The Morgan fingerprint density at radius 3 is 3.19 bits per heavy atom. The first-order valence-corrected chi connectivity index (χ1v) is 6.24. The monoisotopic (exact) mass is 242 g/mol. The molecule has 0 aromatic carbocycles. The zero-order valence-corrected chi connectivity index (χ0v) is 10.3. The van der Waals surface area contributed by atoms with E-state index >= 15 is 0 Å². The van der Waals surface area contributed by atoms with E-state index in [0.717, 1.165) is 23.7 Å². The zero-order chi connectivity index (χ0) is 11.6. The smallest absolute Gasteiger partial charge is 0.101 e. The van der Waals surface area contributed by atoms with Crippen molar-refractivity contribution in [2.45, 2.75) is 11.6 Å². The van der Waals surface area contributed by atoms with Gasteiger partial charge in [-0.2, -0.15) is 0 Å². The Bertz CT molecular complexity index is 297. The van der Waals surface area contributed by atoms with Gasteiger partial charge in [-0.15, -0.1) is 11.8 Å². The Balaban J connectivity index is 2.43. The van der Waals surface area contributed by atoms with E-state index in [1.165, 1.54) is 0 Å². The summed E-state index contributed by atoms with van der Waals surface area (Å²) in [5.74, 6) is 0.683. The fraction of sp³-hybridized carbons (Fsp3) is 0.545. The molecule has 1 aromatic heterocycles. The molecule has 4 nitrogen and oxygen atoms in total. The summed E-state index contributed by atoms with van der Waals surface area (Å²) in [4.78, 5) is 4.30. The van der Waals surface area contributed by atoms with E-state index in [0.29, 0.717) is 12.4 Å². The minimum absolute atomic E-state index is 0.178. The number of methoxy groups -OCH3 is 1. The SMILES string of the molecule is COCCNCc1cccnc1SCCO. The molecule has 0 spiro atoms. The highest BCUT2D eigenvalue weighted by Gasteiger charge is 2.02. The summed E-state index contributed by atoms with van der Waals surface area (Å²) in [6.07, 6.45) is 1.78. The number of thioether (sulfide) groups is 1. The Morgan fingerprint density at radius 2 is 2.44 bits per heavy atom. The van der Waals surface area contributed by atoms with Gasteiger partial charge in [0.05, 0.1) is 13.2 Å². The van der Waals surface area contributed by atoms with Crippen LogP contribution in [0.2, 0.25) is 0 Å². The number of nitrogens with zero attached hydrogens (tertiary/aromatic N) is 1. The summed E-state index contributed by atoms with van der Waals surface area (Å²) in [6.45, 7) is 2.50. The van der Waals surface area contributed by atoms with Crippen LogP contribution in [0.25, 0.3) is 0 Å². The Hall–Kier alpha value is -0.620. The molecule has 0 amide bonds. The molecule has 0 radical (unpaired) electrons. The highest BCUT2D eigenvalue weighted by atomic mass is 32.2. The summed E-state index contributed by atoms with van der Waals surface area (Å²) in [6, 6.07) is 3.98. The maximum absolute atomic E-state index is 8.78. The van der Waals surface area contributed by atoms with Gasteiger partial charge in [-0.1, -0.05) is 6.07 Å². The molecule has 0 bridgehead atoms. The second-order valence-electron chi connectivity index (χ2n) is 3.21. The van der Waals surface area contributed by atoms with Crippen molar-refractivity contribution in [3.63, 3.8) is 0 Å². The van der Waals surface area contributed by atoms with E-state index in [-0.39, 0.29) is 6.61 Å². The Morgan fingerprint density at radius 1 is 1.56 bits per heavy atom. The standard InChI is InChI=1S/C11H18N2O2S/c1-15-7-5-12-9-10-3-2-4-13-11(10)16-8-6-14/h2-4,12,14H,5-9H2,1H3. The number of hydrogen-bond donors (Lipinski definition) is 2. The van der Waals surface area contributed by atoms with Crippen molar-refractivity contribution >= 4 is 11.8 Å². The minimum atomic E-state index is 0.178. The van der Waals surface area contributed by atoms with Crippen LogP contribution < -0.4 is 5.32 Å². The molecular formula is C11H18N2O2S. The number of aromatic nitrogens is 1. The highest BCUT2D eigenvalue weighted by molar-refractivity contribution is 7.99. The zero-order valence-electron chi connectivity index (χ0n) is 9.48. The molecule has 0 atom stereocenters. The Kier molecular flexibility index (Phi) is 7.16. The van der Waals surface area contributed by atoms with Crippen LogP contribution in [-0.4, -0.2) is 42.7 Å². The number of pyridine rings is 1. The lowest BCUT2D eigenvalue weighted by Crippen LogP contribution is -2.19. The average molecular weight is 242 g/mol. The fourth-order valence-corrected chi connectivity index (χ4v) is 1.97. The van der Waals surface area contributed by atoms with Crippen LogP contribution in [-0.2, 0) is 11.3 Å². The van der Waals surface area contributed by atoms with Gasteiger partial charge in [-0.05, 0) is 11.6 Å². The number of ether oxygens (including phenoxy) is 1. The molecule has 0 fully saturated rings. The van der Waals surface area contributed by atoms with Crippen LogP contribution in [0.1, 0.15) is 5.56 Å². The summed E-state index contributed by atoms with van der Waals surface area (Å²) in [5, 5.41) is 13.0. The van der Waals surface area contributed by atoms with Crippen LogP contribution in [0, 0.1) is 0 Å². The maximum Gasteiger partial charge on any atom is 0.101 e. The van der Waals surface area contributed by atoms with E-state index in [9.17, 15) is 0 Å². The van der Waals surface area contributed by atoms with Gasteiger partial charge >= 0.3 is 0 Å². The Labute approximate surface area is 100 Å². The lowest BCUT2D eigenvalue weighted by molar-refractivity contribution is 0.199. The molecule has 5 heteroatoms. The van der Waals surface area contributed by atoms with E-state index in [1.807, 2.05) is 12.1 Å². The number of aliphatic hydroxyl groups is 1. The molecule has 16 heavy (non-hydrogen) atoms. The quantitative estimate of drug-likeness (QED) is 0.524. The largest absolute Gasteiger partial charge is 0.396 e. The third-order valence-electron chi connectivity index (χ3n) is 1.98. The topological polar surface area (TPSA) is 54.4 Å². The highest BCUT2D eigenvalue weighted by Crippen LogP contribution is 2.19. The normalized spacial score (nSPS) is 10.6. The van der Waals surface area contributed by atoms with E-state index in [4.69, 9.17) is 9.84 Å². The average Bonchev–Trinajstić information content (AvgIpc) is 2.33. The number of aliphatic hydroxyl groups excluding tert-OH is 1. The van der Waals surface area contributed by atoms with Gasteiger partial charge in [0, 0.05) is 32.1 Å². The molecule has 0 saturated heterocycles. The third kappa shape index (κ3) is 4.94. The van der Waals surface area contributed by atoms with Gasteiger partial charge in [0.2, 0.25) is 0 Å². The van der Waals surface area contributed by atoms with Crippen molar-refractivity contribution in [2.24, 2.45) is 0 Å². The summed E-state index contributed by atoms with van der Waals surface area (Å²) in [7, 11) is 1.69. The van der Waals surface area contributed by atoms with Crippen molar-refractivity contribution in [3.8, 4) is 0 Å². The van der Waals surface area contributed by atoms with Crippen LogP contribution in [0.5, 0.6) is 0 Å².